The lowest BCUT2D eigenvalue weighted by atomic mass is 9.88. The van der Waals surface area contributed by atoms with Crippen LogP contribution < -0.4 is 20.5 Å². The van der Waals surface area contributed by atoms with E-state index in [4.69, 9.17) is 26.8 Å². The average Bonchev–Trinajstić information content (AvgIpc) is 3.19. The largest absolute Gasteiger partial charge is 0.493 e. The second-order valence-electron chi connectivity index (χ2n) is 8.57. The number of primary amides is 1. The van der Waals surface area contributed by atoms with Gasteiger partial charge in [0.25, 0.3) is 5.91 Å². The van der Waals surface area contributed by atoms with Gasteiger partial charge >= 0.3 is 0 Å². The molecule has 182 valence electrons. The average molecular weight is 511 g/mol. The van der Waals surface area contributed by atoms with Gasteiger partial charge < -0.3 is 20.5 Å². The van der Waals surface area contributed by atoms with E-state index in [1.807, 2.05) is 30.3 Å². The fourth-order valence-corrected chi connectivity index (χ4v) is 5.62. The molecule has 1 unspecified atom stereocenters. The number of anilines is 1. The van der Waals surface area contributed by atoms with Crippen LogP contribution >= 0.6 is 22.9 Å². The predicted octanol–water partition coefficient (Wildman–Crippen LogP) is 5.86. The summed E-state index contributed by atoms with van der Waals surface area (Å²) in [6, 6.07) is 12.9. The third kappa shape index (κ3) is 6.05. The van der Waals surface area contributed by atoms with Crippen molar-refractivity contribution < 1.29 is 19.1 Å². The van der Waals surface area contributed by atoms with Gasteiger partial charge in [0, 0.05) is 16.0 Å². The Hall–Kier alpha value is -3.29. The summed E-state index contributed by atoms with van der Waals surface area (Å²) in [4.78, 5) is 25.9. The molecule has 1 aliphatic carbocycles. The Morgan fingerprint density at radius 1 is 1.20 bits per heavy atom. The van der Waals surface area contributed by atoms with Gasteiger partial charge in [-0.05, 0) is 72.2 Å². The molecule has 3 N–H and O–H groups in total. The van der Waals surface area contributed by atoms with Crippen LogP contribution in [0.1, 0.15) is 45.3 Å². The van der Waals surface area contributed by atoms with Crippen LogP contribution in [-0.4, -0.2) is 18.9 Å². The highest BCUT2D eigenvalue weighted by atomic mass is 35.5. The topological polar surface area (TPSA) is 90.6 Å². The summed E-state index contributed by atoms with van der Waals surface area (Å²) in [6.07, 6.45) is 5.83. The summed E-state index contributed by atoms with van der Waals surface area (Å²) in [7, 11) is 1.56. The lowest BCUT2D eigenvalue weighted by Gasteiger charge is -2.18. The molecule has 4 rings (SSSR count). The third-order valence-corrected chi connectivity index (χ3v) is 7.34. The van der Waals surface area contributed by atoms with Crippen molar-refractivity contribution in [3.63, 3.8) is 0 Å². The number of nitrogens with one attached hydrogen (secondary N) is 1. The number of amides is 2. The van der Waals surface area contributed by atoms with Crippen LogP contribution in [0.15, 0.2) is 48.5 Å². The van der Waals surface area contributed by atoms with E-state index < -0.39 is 5.91 Å². The van der Waals surface area contributed by atoms with E-state index >= 15 is 0 Å². The van der Waals surface area contributed by atoms with Gasteiger partial charge in [-0.25, -0.2) is 0 Å². The minimum absolute atomic E-state index is 0.332. The van der Waals surface area contributed by atoms with Crippen LogP contribution in [-0.2, 0) is 24.2 Å². The Labute approximate surface area is 213 Å². The van der Waals surface area contributed by atoms with E-state index in [9.17, 15) is 9.59 Å². The van der Waals surface area contributed by atoms with Crippen molar-refractivity contribution in [1.82, 2.24) is 0 Å². The summed E-state index contributed by atoms with van der Waals surface area (Å²) in [5.41, 5.74) is 8.82. The zero-order valence-electron chi connectivity index (χ0n) is 19.6. The van der Waals surface area contributed by atoms with Gasteiger partial charge in [0.2, 0.25) is 5.91 Å². The van der Waals surface area contributed by atoms with Crippen molar-refractivity contribution in [2.24, 2.45) is 11.7 Å². The first-order chi connectivity index (χ1) is 16.8. The number of thiophene rings is 1. The Morgan fingerprint density at radius 2 is 1.97 bits per heavy atom. The van der Waals surface area contributed by atoms with Gasteiger partial charge in [-0.15, -0.1) is 11.3 Å². The molecule has 0 saturated carbocycles. The van der Waals surface area contributed by atoms with E-state index in [0.29, 0.717) is 39.6 Å². The molecule has 0 aliphatic heterocycles. The van der Waals surface area contributed by atoms with Gasteiger partial charge in [-0.3, -0.25) is 9.59 Å². The van der Waals surface area contributed by atoms with Gasteiger partial charge in [-0.1, -0.05) is 36.7 Å². The molecule has 0 spiro atoms. The third-order valence-electron chi connectivity index (χ3n) is 5.92. The highest BCUT2D eigenvalue weighted by Gasteiger charge is 2.26. The minimum Gasteiger partial charge on any atom is -0.493 e. The molecule has 1 heterocycles. The minimum atomic E-state index is -0.504. The fourth-order valence-electron chi connectivity index (χ4n) is 4.07. The molecule has 2 amide bonds. The van der Waals surface area contributed by atoms with Gasteiger partial charge in [0.1, 0.15) is 11.6 Å². The van der Waals surface area contributed by atoms with Crippen molar-refractivity contribution in [3.8, 4) is 11.5 Å². The number of hydrogen-bond donors (Lipinski definition) is 2. The van der Waals surface area contributed by atoms with Crippen molar-refractivity contribution in [2.75, 3.05) is 12.4 Å². The van der Waals surface area contributed by atoms with Gasteiger partial charge in [0.05, 0.1) is 12.7 Å². The second kappa shape index (κ2) is 11.0. The maximum Gasteiger partial charge on any atom is 0.251 e. The molecular weight excluding hydrogens is 484 g/mol. The number of fused-ring (bicyclic) bond motifs is 1. The Kier molecular flexibility index (Phi) is 7.78. The number of methoxy groups -OCH3 is 1. The van der Waals surface area contributed by atoms with Crippen molar-refractivity contribution in [2.45, 2.75) is 32.8 Å². The molecule has 35 heavy (non-hydrogen) atoms. The normalized spacial score (nSPS) is 15.0. The summed E-state index contributed by atoms with van der Waals surface area (Å²) in [6.45, 7) is 2.56. The summed E-state index contributed by atoms with van der Waals surface area (Å²) in [5.74, 6) is 0.862. The van der Waals surface area contributed by atoms with Crippen molar-refractivity contribution in [1.29, 1.82) is 0 Å². The van der Waals surface area contributed by atoms with E-state index in [1.54, 1.807) is 25.3 Å². The van der Waals surface area contributed by atoms with Gasteiger partial charge in [0.15, 0.2) is 11.5 Å². The molecule has 8 heteroatoms. The van der Waals surface area contributed by atoms with Crippen LogP contribution in [0.2, 0.25) is 5.02 Å². The molecule has 2 aromatic carbocycles. The van der Waals surface area contributed by atoms with Crippen LogP contribution in [0, 0.1) is 5.92 Å². The lowest BCUT2D eigenvalue weighted by Crippen LogP contribution is -2.18. The van der Waals surface area contributed by atoms with Gasteiger partial charge in [-0.2, -0.15) is 0 Å². The molecular formula is C27H27ClN2O4S. The van der Waals surface area contributed by atoms with Crippen molar-refractivity contribution >= 4 is 45.8 Å². The maximum absolute atomic E-state index is 12.6. The highest BCUT2D eigenvalue weighted by molar-refractivity contribution is 7.17. The SMILES string of the molecule is COc1cc(/C=C/C(=O)Nc2sc3c(c2C(N)=O)CCC(C)C3)ccc1OCc1ccc(Cl)cc1. The molecule has 0 saturated heterocycles. The first-order valence-corrected chi connectivity index (χ1v) is 12.5. The van der Waals surface area contributed by atoms with E-state index in [2.05, 4.69) is 12.2 Å². The first-order valence-electron chi connectivity index (χ1n) is 11.3. The van der Waals surface area contributed by atoms with Crippen LogP contribution in [0.4, 0.5) is 5.00 Å². The molecule has 6 nitrogen and oxygen atoms in total. The quantitative estimate of drug-likeness (QED) is 0.371. The number of carbonyl (C=O) groups is 2. The molecule has 0 radical (unpaired) electrons. The van der Waals surface area contributed by atoms with E-state index in [-0.39, 0.29) is 5.91 Å². The zero-order valence-corrected chi connectivity index (χ0v) is 21.2. The van der Waals surface area contributed by atoms with Crippen molar-refractivity contribution in [3.05, 3.63) is 80.7 Å². The predicted molar refractivity (Wildman–Crippen MR) is 140 cm³/mol. The molecule has 1 aromatic heterocycles. The number of carbonyl (C=O) groups excluding carboxylic acids is 2. The fraction of sp³-hybridized carbons (Fsp3) is 0.259. The zero-order chi connectivity index (χ0) is 24.9. The smallest absolute Gasteiger partial charge is 0.251 e. The number of halogens is 1. The van der Waals surface area contributed by atoms with E-state index in [0.717, 1.165) is 40.8 Å². The number of hydrogen-bond acceptors (Lipinski definition) is 5. The number of nitrogens with two attached hydrogens (primary N) is 1. The molecule has 1 atom stereocenters. The first kappa shape index (κ1) is 24.8. The monoisotopic (exact) mass is 510 g/mol. The van der Waals surface area contributed by atoms with E-state index in [1.165, 1.54) is 17.4 Å². The number of ether oxygens (including phenoxy) is 2. The Bertz CT molecular complexity index is 1270. The van der Waals surface area contributed by atoms with Crippen LogP contribution in [0.3, 0.4) is 0 Å². The van der Waals surface area contributed by atoms with Crippen LogP contribution in [0.25, 0.3) is 6.08 Å². The molecule has 0 bridgehead atoms. The maximum atomic E-state index is 12.6. The molecule has 3 aromatic rings. The summed E-state index contributed by atoms with van der Waals surface area (Å²) < 4.78 is 11.3. The standard InChI is InChI=1S/C27H27ClN2O4S/c1-16-3-10-20-23(13-16)35-27(25(20)26(29)32)30-24(31)12-7-17-6-11-21(22(14-17)33-2)34-15-18-4-8-19(28)9-5-18/h4-9,11-12,14,16H,3,10,13,15H2,1-2H3,(H2,29,32)(H,30,31)/b12-7+. The summed E-state index contributed by atoms with van der Waals surface area (Å²) >= 11 is 7.37. The Morgan fingerprint density at radius 3 is 2.69 bits per heavy atom. The van der Waals surface area contributed by atoms with Crippen LogP contribution in [0.5, 0.6) is 11.5 Å². The highest BCUT2D eigenvalue weighted by Crippen LogP contribution is 2.39. The Balaban J connectivity index is 1.43. The number of rotatable bonds is 8. The second-order valence-corrected chi connectivity index (χ2v) is 10.1. The summed E-state index contributed by atoms with van der Waals surface area (Å²) in [5, 5.41) is 4.04. The molecule has 0 fully saturated rings. The molecule has 1 aliphatic rings. The lowest BCUT2D eigenvalue weighted by molar-refractivity contribution is -0.111. The number of benzene rings is 2.